The van der Waals surface area contributed by atoms with E-state index in [1.54, 1.807) is 7.11 Å². The lowest BCUT2D eigenvalue weighted by Gasteiger charge is -2.29. The highest BCUT2D eigenvalue weighted by Gasteiger charge is 2.43. The van der Waals surface area contributed by atoms with Gasteiger partial charge in [-0.05, 0) is 32.4 Å². The van der Waals surface area contributed by atoms with Gasteiger partial charge in [-0.1, -0.05) is 6.07 Å². The van der Waals surface area contributed by atoms with E-state index in [1.165, 1.54) is 0 Å². The van der Waals surface area contributed by atoms with E-state index in [0.717, 1.165) is 24.4 Å². The number of nitrogens with two attached hydrogens (primary N) is 1. The summed E-state index contributed by atoms with van der Waals surface area (Å²) in [6.45, 7) is 5.76. The summed E-state index contributed by atoms with van der Waals surface area (Å²) in [4.78, 5) is 14.2. The van der Waals surface area contributed by atoms with Crippen LogP contribution in [-0.2, 0) is 4.79 Å². The molecule has 2 rings (SSSR count). The smallest absolute Gasteiger partial charge is 0.244 e. The molecule has 1 atom stereocenters. The van der Waals surface area contributed by atoms with Crippen molar-refractivity contribution in [1.29, 1.82) is 0 Å². The molecule has 1 heterocycles. The van der Waals surface area contributed by atoms with E-state index in [2.05, 4.69) is 24.1 Å². The number of anilines is 1. The van der Waals surface area contributed by atoms with Crippen molar-refractivity contribution in [2.75, 3.05) is 25.5 Å². The van der Waals surface area contributed by atoms with Gasteiger partial charge in [0, 0.05) is 30.9 Å². The molecule has 5 nitrogen and oxygen atoms in total. The van der Waals surface area contributed by atoms with Crippen molar-refractivity contribution in [1.82, 2.24) is 4.90 Å². The third-order valence-electron chi connectivity index (χ3n) is 3.95. The van der Waals surface area contributed by atoms with Gasteiger partial charge in [-0.3, -0.25) is 9.69 Å². The van der Waals surface area contributed by atoms with Gasteiger partial charge in [0.25, 0.3) is 0 Å². The molecule has 0 aliphatic carbocycles. The van der Waals surface area contributed by atoms with E-state index in [-0.39, 0.29) is 5.91 Å². The highest BCUT2D eigenvalue weighted by molar-refractivity contribution is 5.88. The molecule has 1 saturated heterocycles. The van der Waals surface area contributed by atoms with Gasteiger partial charge < -0.3 is 15.8 Å². The molecule has 1 aliphatic heterocycles. The van der Waals surface area contributed by atoms with Gasteiger partial charge in [-0.15, -0.1) is 0 Å². The van der Waals surface area contributed by atoms with E-state index < -0.39 is 5.54 Å². The third kappa shape index (κ3) is 2.88. The Balaban J connectivity index is 2.20. The lowest BCUT2D eigenvalue weighted by Crippen LogP contribution is -2.53. The van der Waals surface area contributed by atoms with E-state index in [9.17, 15) is 4.79 Å². The number of nitrogens with one attached hydrogen (secondary N) is 1. The van der Waals surface area contributed by atoms with Crippen LogP contribution in [-0.4, -0.2) is 42.6 Å². The third-order valence-corrected chi connectivity index (χ3v) is 3.95. The molecule has 20 heavy (non-hydrogen) atoms. The van der Waals surface area contributed by atoms with E-state index in [1.807, 2.05) is 24.3 Å². The standard InChI is InChI=1S/C15H23N3O2/c1-11(2)18-8-7-15(10-18,14(16)19)17-12-5-4-6-13(9-12)20-3/h4-6,9,11,17H,7-8,10H2,1-3H3,(H2,16,19). The number of nitrogens with zero attached hydrogens (tertiary/aromatic N) is 1. The summed E-state index contributed by atoms with van der Waals surface area (Å²) in [6, 6.07) is 7.97. The molecule has 0 radical (unpaired) electrons. The van der Waals surface area contributed by atoms with Crippen LogP contribution in [0.25, 0.3) is 0 Å². The molecule has 110 valence electrons. The Labute approximate surface area is 120 Å². The first kappa shape index (κ1) is 14.7. The van der Waals surface area contributed by atoms with Gasteiger partial charge in [0.05, 0.1) is 7.11 Å². The Morgan fingerprint density at radius 2 is 2.25 bits per heavy atom. The number of carbonyl (C=O) groups excluding carboxylic acids is 1. The zero-order valence-electron chi connectivity index (χ0n) is 12.3. The normalized spacial score (nSPS) is 23.0. The number of ether oxygens (including phenoxy) is 1. The zero-order valence-corrected chi connectivity index (χ0v) is 12.3. The number of likely N-dealkylation sites (tertiary alicyclic amines) is 1. The van der Waals surface area contributed by atoms with Gasteiger partial charge in [-0.25, -0.2) is 0 Å². The number of rotatable bonds is 5. The number of hydrogen-bond donors (Lipinski definition) is 2. The number of hydrogen-bond acceptors (Lipinski definition) is 4. The van der Waals surface area contributed by atoms with Crippen molar-refractivity contribution >= 4 is 11.6 Å². The second kappa shape index (κ2) is 5.71. The van der Waals surface area contributed by atoms with Crippen LogP contribution in [0.4, 0.5) is 5.69 Å². The fourth-order valence-electron chi connectivity index (χ4n) is 2.62. The molecule has 0 saturated carbocycles. The lowest BCUT2D eigenvalue weighted by molar-refractivity contribution is -0.122. The number of methoxy groups -OCH3 is 1. The topological polar surface area (TPSA) is 67.6 Å². The van der Waals surface area contributed by atoms with Crippen LogP contribution in [0.3, 0.4) is 0 Å². The van der Waals surface area contributed by atoms with Crippen molar-refractivity contribution in [2.24, 2.45) is 5.73 Å². The number of primary amides is 1. The molecule has 1 amide bonds. The first-order valence-corrected chi connectivity index (χ1v) is 6.93. The van der Waals surface area contributed by atoms with E-state index in [0.29, 0.717) is 12.6 Å². The first-order valence-electron chi connectivity index (χ1n) is 6.93. The molecule has 3 N–H and O–H groups in total. The van der Waals surface area contributed by atoms with Crippen LogP contribution in [0.5, 0.6) is 5.75 Å². The molecule has 1 aliphatic rings. The summed E-state index contributed by atoms with van der Waals surface area (Å²) >= 11 is 0. The summed E-state index contributed by atoms with van der Waals surface area (Å²) in [5.41, 5.74) is 5.81. The Bertz CT molecular complexity index is 490. The molecular formula is C15H23N3O2. The van der Waals surface area contributed by atoms with Crippen molar-refractivity contribution in [3.8, 4) is 5.75 Å². The lowest BCUT2D eigenvalue weighted by atomic mass is 9.97. The van der Waals surface area contributed by atoms with Crippen molar-refractivity contribution in [3.05, 3.63) is 24.3 Å². The Kier molecular flexibility index (Phi) is 4.18. The van der Waals surface area contributed by atoms with Gasteiger partial charge in [0.15, 0.2) is 0 Å². The summed E-state index contributed by atoms with van der Waals surface area (Å²) in [6.07, 6.45) is 0.720. The van der Waals surface area contributed by atoms with Crippen molar-refractivity contribution in [2.45, 2.75) is 31.8 Å². The minimum Gasteiger partial charge on any atom is -0.497 e. The van der Waals surface area contributed by atoms with E-state index >= 15 is 0 Å². The number of amides is 1. The van der Waals surface area contributed by atoms with Gasteiger partial charge in [-0.2, -0.15) is 0 Å². The molecule has 0 spiro atoms. The zero-order chi connectivity index (χ0) is 14.8. The first-order chi connectivity index (χ1) is 9.47. The Morgan fingerprint density at radius 1 is 1.50 bits per heavy atom. The predicted molar refractivity (Wildman–Crippen MR) is 79.9 cm³/mol. The maximum absolute atomic E-state index is 12.0. The molecule has 1 aromatic rings. The maximum atomic E-state index is 12.0. The highest BCUT2D eigenvalue weighted by atomic mass is 16.5. The van der Waals surface area contributed by atoms with Crippen LogP contribution in [0, 0.1) is 0 Å². The average Bonchev–Trinajstić information content (AvgIpc) is 2.85. The molecule has 1 aromatic carbocycles. The minimum atomic E-state index is -0.698. The van der Waals surface area contributed by atoms with Crippen LogP contribution >= 0.6 is 0 Å². The summed E-state index contributed by atoms with van der Waals surface area (Å²) in [5, 5.41) is 3.32. The second-order valence-corrected chi connectivity index (χ2v) is 5.62. The van der Waals surface area contributed by atoms with Crippen LogP contribution in [0.15, 0.2) is 24.3 Å². The van der Waals surface area contributed by atoms with Crippen LogP contribution in [0.2, 0.25) is 0 Å². The summed E-state index contributed by atoms with van der Waals surface area (Å²) in [5.74, 6) is 0.455. The fourth-order valence-corrected chi connectivity index (χ4v) is 2.62. The van der Waals surface area contributed by atoms with Gasteiger partial charge in [0.2, 0.25) is 5.91 Å². The number of carbonyl (C=O) groups is 1. The summed E-state index contributed by atoms with van der Waals surface area (Å²) < 4.78 is 5.21. The predicted octanol–water partition coefficient (Wildman–Crippen LogP) is 1.45. The Hall–Kier alpha value is -1.75. The number of benzene rings is 1. The van der Waals surface area contributed by atoms with E-state index in [4.69, 9.17) is 10.5 Å². The molecule has 1 unspecified atom stereocenters. The molecule has 0 bridgehead atoms. The van der Waals surface area contributed by atoms with Crippen molar-refractivity contribution < 1.29 is 9.53 Å². The monoisotopic (exact) mass is 277 g/mol. The highest BCUT2D eigenvalue weighted by Crippen LogP contribution is 2.28. The molecular weight excluding hydrogens is 254 g/mol. The molecule has 5 heteroatoms. The molecule has 0 aromatic heterocycles. The van der Waals surface area contributed by atoms with Crippen molar-refractivity contribution in [3.63, 3.8) is 0 Å². The quantitative estimate of drug-likeness (QED) is 0.854. The summed E-state index contributed by atoms with van der Waals surface area (Å²) in [7, 11) is 1.62. The largest absolute Gasteiger partial charge is 0.497 e. The second-order valence-electron chi connectivity index (χ2n) is 5.62. The Morgan fingerprint density at radius 3 is 2.80 bits per heavy atom. The van der Waals surface area contributed by atoms with Gasteiger partial charge >= 0.3 is 0 Å². The van der Waals surface area contributed by atoms with Crippen LogP contribution in [0.1, 0.15) is 20.3 Å². The fraction of sp³-hybridized carbons (Fsp3) is 0.533. The maximum Gasteiger partial charge on any atom is 0.244 e. The SMILES string of the molecule is COc1cccc(NC2(C(N)=O)CCN(C(C)C)C2)c1. The molecule has 1 fully saturated rings. The van der Waals surface area contributed by atoms with Crippen LogP contribution < -0.4 is 15.8 Å². The minimum absolute atomic E-state index is 0.302. The van der Waals surface area contributed by atoms with Gasteiger partial charge in [0.1, 0.15) is 11.3 Å². The average molecular weight is 277 g/mol.